The molecule has 8 nitrogen and oxygen atoms in total. The third kappa shape index (κ3) is 2.91. The molecular weight excluding hydrogens is 376 g/mol. The fourth-order valence-electron chi connectivity index (χ4n) is 3.46. The topological polar surface area (TPSA) is 110 Å². The van der Waals surface area contributed by atoms with E-state index in [1.807, 2.05) is 0 Å². The Morgan fingerprint density at radius 2 is 1.69 bits per heavy atom. The molecule has 1 aliphatic rings. The average molecular weight is 391 g/mol. The summed E-state index contributed by atoms with van der Waals surface area (Å²) >= 11 is 0. The van der Waals surface area contributed by atoms with Gasteiger partial charge in [-0.1, -0.05) is 24.3 Å². The van der Waals surface area contributed by atoms with Crippen LogP contribution < -0.4 is 10.1 Å². The normalized spacial score (nSPS) is 13.0. The summed E-state index contributed by atoms with van der Waals surface area (Å²) in [5.41, 5.74) is 0.0304. The van der Waals surface area contributed by atoms with Crippen molar-refractivity contribution in [3.63, 3.8) is 0 Å². The molecule has 8 heteroatoms. The van der Waals surface area contributed by atoms with E-state index in [0.29, 0.717) is 16.5 Å². The lowest BCUT2D eigenvalue weighted by Gasteiger charge is -2.32. The average Bonchev–Trinajstić information content (AvgIpc) is 2.72. The van der Waals surface area contributed by atoms with Crippen LogP contribution in [-0.2, 0) is 4.74 Å². The van der Waals surface area contributed by atoms with Gasteiger partial charge >= 0.3 is 5.97 Å². The summed E-state index contributed by atoms with van der Waals surface area (Å²) in [5.74, 6) is -1.97. The number of esters is 1. The van der Waals surface area contributed by atoms with Crippen LogP contribution in [0.3, 0.4) is 0 Å². The highest BCUT2D eigenvalue weighted by Gasteiger charge is 2.35. The molecule has 0 saturated heterocycles. The van der Waals surface area contributed by atoms with Crippen molar-refractivity contribution in [3.8, 4) is 0 Å². The van der Waals surface area contributed by atoms with E-state index in [1.54, 1.807) is 43.3 Å². The number of amides is 2. The van der Waals surface area contributed by atoms with Crippen LogP contribution in [0, 0.1) is 5.21 Å². The van der Waals surface area contributed by atoms with Crippen molar-refractivity contribution in [2.45, 2.75) is 6.92 Å². The minimum absolute atomic E-state index is 0.0000842. The summed E-state index contributed by atoms with van der Waals surface area (Å²) in [6.07, 6.45) is 0. The SMILES string of the molecule is CCOC(=O)c1ccc(N2C(=O)c3cccc4cccc(c34)C2=O)c(N([O-])O)c1. The number of ether oxygens (including phenoxy) is 1. The third-order valence-electron chi connectivity index (χ3n) is 4.71. The van der Waals surface area contributed by atoms with Crippen LogP contribution >= 0.6 is 0 Å². The second-order valence-corrected chi connectivity index (χ2v) is 6.35. The summed E-state index contributed by atoms with van der Waals surface area (Å²) in [6.45, 7) is 1.75. The highest BCUT2D eigenvalue weighted by atomic mass is 16.8. The van der Waals surface area contributed by atoms with Gasteiger partial charge in [-0.3, -0.25) is 14.8 Å². The van der Waals surface area contributed by atoms with E-state index < -0.39 is 28.7 Å². The smallest absolute Gasteiger partial charge is 0.338 e. The maximum Gasteiger partial charge on any atom is 0.338 e. The van der Waals surface area contributed by atoms with Crippen molar-refractivity contribution in [2.24, 2.45) is 0 Å². The van der Waals surface area contributed by atoms with Gasteiger partial charge in [0, 0.05) is 16.5 Å². The number of imide groups is 1. The molecule has 3 aromatic carbocycles. The van der Waals surface area contributed by atoms with Gasteiger partial charge in [0.2, 0.25) is 0 Å². The quantitative estimate of drug-likeness (QED) is 0.412. The number of rotatable bonds is 4. The molecule has 0 fully saturated rings. The first-order chi connectivity index (χ1) is 13.9. The molecule has 2 amide bonds. The summed E-state index contributed by atoms with van der Waals surface area (Å²) in [4.78, 5) is 39.0. The van der Waals surface area contributed by atoms with Crippen molar-refractivity contribution in [3.05, 3.63) is 76.5 Å². The summed E-state index contributed by atoms with van der Waals surface area (Å²) in [5, 5.41) is 22.1. The molecule has 0 saturated carbocycles. The first kappa shape index (κ1) is 18.6. The zero-order chi connectivity index (χ0) is 20.7. The zero-order valence-corrected chi connectivity index (χ0v) is 15.3. The molecule has 0 aromatic heterocycles. The van der Waals surface area contributed by atoms with Gasteiger partial charge in [0.25, 0.3) is 11.8 Å². The van der Waals surface area contributed by atoms with Crippen LogP contribution in [-0.4, -0.2) is 29.6 Å². The van der Waals surface area contributed by atoms with Crippen LogP contribution in [0.4, 0.5) is 11.4 Å². The Labute approximate surface area is 165 Å². The van der Waals surface area contributed by atoms with E-state index in [4.69, 9.17) is 4.74 Å². The van der Waals surface area contributed by atoms with Gasteiger partial charge < -0.3 is 15.2 Å². The molecule has 0 unspecified atom stereocenters. The second-order valence-electron chi connectivity index (χ2n) is 6.35. The predicted molar refractivity (Wildman–Crippen MR) is 105 cm³/mol. The van der Waals surface area contributed by atoms with Crippen LogP contribution in [0.15, 0.2) is 54.6 Å². The molecule has 1 heterocycles. The van der Waals surface area contributed by atoms with Gasteiger partial charge in [-0.15, -0.1) is 0 Å². The molecular formula is C21H15N2O6-. The Hall–Kier alpha value is -3.75. The molecule has 3 aromatic rings. The third-order valence-corrected chi connectivity index (χ3v) is 4.71. The molecule has 0 spiro atoms. The van der Waals surface area contributed by atoms with Gasteiger partial charge in [0.05, 0.1) is 23.5 Å². The Kier molecular flexibility index (Phi) is 4.50. The van der Waals surface area contributed by atoms with E-state index in [-0.39, 0.29) is 17.9 Å². The van der Waals surface area contributed by atoms with Crippen molar-refractivity contribution in [1.82, 2.24) is 0 Å². The van der Waals surface area contributed by atoms with Gasteiger partial charge in [0.15, 0.2) is 0 Å². The molecule has 1 N–H and O–H groups in total. The van der Waals surface area contributed by atoms with Gasteiger partial charge in [-0.2, -0.15) is 0 Å². The number of carbonyl (C=O) groups is 3. The standard InChI is InChI=1S/C21H15N2O6/c1-2-29-21(26)13-9-10-16(17(11-13)23(27)28)22-19(24)14-7-3-5-12-6-4-8-15(18(12)14)20(22)25/h3-11,27H,2H2,1H3/q-1. The number of hydrogen-bond acceptors (Lipinski definition) is 7. The van der Waals surface area contributed by atoms with Crippen LogP contribution in [0.1, 0.15) is 38.0 Å². The van der Waals surface area contributed by atoms with Gasteiger partial charge in [0.1, 0.15) is 0 Å². The van der Waals surface area contributed by atoms with E-state index in [9.17, 15) is 24.8 Å². The number of hydrogen-bond donors (Lipinski definition) is 1. The largest absolute Gasteiger partial charge is 0.733 e. The van der Waals surface area contributed by atoms with Crippen molar-refractivity contribution >= 4 is 39.9 Å². The first-order valence-corrected chi connectivity index (χ1v) is 8.82. The van der Waals surface area contributed by atoms with E-state index in [1.165, 1.54) is 12.1 Å². The Balaban J connectivity index is 1.88. The Morgan fingerprint density at radius 1 is 1.07 bits per heavy atom. The van der Waals surface area contributed by atoms with Crippen LogP contribution in [0.25, 0.3) is 10.8 Å². The maximum atomic E-state index is 13.1. The number of nitrogens with zero attached hydrogens (tertiary/aromatic N) is 2. The van der Waals surface area contributed by atoms with Gasteiger partial charge in [-0.05, 0) is 42.6 Å². The van der Waals surface area contributed by atoms with Crippen molar-refractivity contribution in [1.29, 1.82) is 0 Å². The lowest BCUT2D eigenvalue weighted by atomic mass is 9.93. The summed E-state index contributed by atoms with van der Waals surface area (Å²) in [6, 6.07) is 13.8. The number of benzene rings is 3. The Bertz CT molecular complexity index is 1120. The highest BCUT2D eigenvalue weighted by Crippen LogP contribution is 2.37. The molecule has 0 atom stereocenters. The van der Waals surface area contributed by atoms with Crippen LogP contribution in [0.5, 0.6) is 0 Å². The molecule has 146 valence electrons. The summed E-state index contributed by atoms with van der Waals surface area (Å²) < 4.78 is 4.89. The molecule has 29 heavy (non-hydrogen) atoms. The predicted octanol–water partition coefficient (Wildman–Crippen LogP) is 3.51. The van der Waals surface area contributed by atoms with E-state index >= 15 is 0 Å². The minimum atomic E-state index is -0.700. The van der Waals surface area contributed by atoms with E-state index in [0.717, 1.165) is 16.4 Å². The molecule has 0 radical (unpaired) electrons. The van der Waals surface area contributed by atoms with Gasteiger partial charge in [-0.25, -0.2) is 9.69 Å². The fraction of sp³-hybridized carbons (Fsp3) is 0.0952. The Morgan fingerprint density at radius 3 is 2.24 bits per heavy atom. The van der Waals surface area contributed by atoms with E-state index in [2.05, 4.69) is 0 Å². The highest BCUT2D eigenvalue weighted by molar-refractivity contribution is 6.36. The summed E-state index contributed by atoms with van der Waals surface area (Å²) in [7, 11) is 0. The molecule has 0 bridgehead atoms. The lowest BCUT2D eigenvalue weighted by molar-refractivity contribution is 0.0526. The monoisotopic (exact) mass is 391 g/mol. The number of anilines is 2. The zero-order valence-electron chi connectivity index (χ0n) is 15.3. The lowest BCUT2D eigenvalue weighted by Crippen LogP contribution is -2.41. The maximum absolute atomic E-state index is 13.1. The number of carbonyl (C=O) groups excluding carboxylic acids is 3. The van der Waals surface area contributed by atoms with Crippen molar-refractivity contribution in [2.75, 3.05) is 16.7 Å². The fourth-order valence-corrected chi connectivity index (χ4v) is 3.46. The second kappa shape index (κ2) is 7.01. The first-order valence-electron chi connectivity index (χ1n) is 8.82. The molecule has 1 aliphatic heterocycles. The van der Waals surface area contributed by atoms with Crippen LogP contribution in [0.2, 0.25) is 0 Å². The molecule has 0 aliphatic carbocycles. The van der Waals surface area contributed by atoms with Crippen molar-refractivity contribution < 1.29 is 24.3 Å². The molecule has 4 rings (SSSR count). The minimum Gasteiger partial charge on any atom is -0.733 e.